The van der Waals surface area contributed by atoms with Gasteiger partial charge in [-0.25, -0.2) is 4.39 Å². The number of nitrogens with zero attached hydrogens (tertiary/aromatic N) is 1. The van der Waals surface area contributed by atoms with E-state index < -0.39 is 5.67 Å². The molecule has 0 saturated carbocycles. The molecule has 2 heterocycles. The molecule has 0 amide bonds. The topological polar surface area (TPSA) is 24.9 Å². The molecule has 1 aliphatic rings. The van der Waals surface area contributed by atoms with E-state index in [9.17, 15) is 4.39 Å². The summed E-state index contributed by atoms with van der Waals surface area (Å²) < 4.78 is 14.7. The van der Waals surface area contributed by atoms with Crippen molar-refractivity contribution in [2.45, 2.75) is 51.2 Å². The van der Waals surface area contributed by atoms with Crippen molar-refractivity contribution in [1.29, 1.82) is 0 Å². The first-order chi connectivity index (χ1) is 8.08. The minimum Gasteiger partial charge on any atom is -0.314 e. The third kappa shape index (κ3) is 3.25. The quantitative estimate of drug-likeness (QED) is 0.872. The zero-order valence-electron chi connectivity index (χ0n) is 10.7. The summed E-state index contributed by atoms with van der Waals surface area (Å²) in [6, 6.07) is 2.20. The van der Waals surface area contributed by atoms with E-state index in [1.165, 1.54) is 12.8 Å². The fourth-order valence-corrected chi connectivity index (χ4v) is 2.52. The van der Waals surface area contributed by atoms with Crippen molar-refractivity contribution in [3.8, 4) is 0 Å². The second kappa shape index (κ2) is 5.13. The average Bonchev–Trinajstić information content (AvgIpc) is 2.30. The van der Waals surface area contributed by atoms with E-state index >= 15 is 0 Å². The number of hydrogen-bond acceptors (Lipinski definition) is 2. The van der Waals surface area contributed by atoms with Gasteiger partial charge >= 0.3 is 0 Å². The Hall–Kier alpha value is -0.960. The fraction of sp³-hybridized carbons (Fsp3) is 0.643. The second-order valence-corrected chi connectivity index (χ2v) is 5.30. The molecule has 1 fully saturated rings. The maximum Gasteiger partial charge on any atom is 0.136 e. The van der Waals surface area contributed by atoms with Crippen molar-refractivity contribution >= 4 is 0 Å². The van der Waals surface area contributed by atoms with Crippen LogP contribution in [0.1, 0.15) is 43.7 Å². The number of hydrogen-bond donors (Lipinski definition) is 1. The largest absolute Gasteiger partial charge is 0.314 e. The van der Waals surface area contributed by atoms with Gasteiger partial charge in [-0.05, 0) is 44.9 Å². The van der Waals surface area contributed by atoms with Gasteiger partial charge in [0.05, 0.1) is 0 Å². The van der Waals surface area contributed by atoms with E-state index in [2.05, 4.69) is 10.3 Å². The predicted molar refractivity (Wildman–Crippen MR) is 67.7 cm³/mol. The minimum atomic E-state index is -1.28. The first kappa shape index (κ1) is 12.5. The van der Waals surface area contributed by atoms with Crippen LogP contribution in [0.15, 0.2) is 18.5 Å². The van der Waals surface area contributed by atoms with Crippen molar-refractivity contribution in [1.82, 2.24) is 10.3 Å². The Morgan fingerprint density at radius 2 is 2.29 bits per heavy atom. The summed E-state index contributed by atoms with van der Waals surface area (Å²) in [7, 11) is 0. The lowest BCUT2D eigenvalue weighted by Crippen LogP contribution is -2.38. The lowest BCUT2D eigenvalue weighted by Gasteiger charge is -2.30. The molecule has 1 aliphatic heterocycles. The first-order valence-electron chi connectivity index (χ1n) is 6.42. The normalized spacial score (nSPS) is 24.3. The Morgan fingerprint density at radius 1 is 1.47 bits per heavy atom. The molecule has 0 aliphatic carbocycles. The maximum absolute atomic E-state index is 14.7. The first-order valence-corrected chi connectivity index (χ1v) is 6.42. The van der Waals surface area contributed by atoms with Crippen LogP contribution in [0, 0.1) is 6.92 Å². The highest BCUT2D eigenvalue weighted by molar-refractivity contribution is 5.22. The Kier molecular flexibility index (Phi) is 3.77. The van der Waals surface area contributed by atoms with Gasteiger partial charge in [0.2, 0.25) is 0 Å². The molecular formula is C14H21FN2. The second-order valence-electron chi connectivity index (χ2n) is 5.30. The lowest BCUT2D eigenvalue weighted by molar-refractivity contribution is 0.145. The van der Waals surface area contributed by atoms with Gasteiger partial charge < -0.3 is 5.32 Å². The molecule has 2 nitrogen and oxygen atoms in total. The smallest absolute Gasteiger partial charge is 0.136 e. The van der Waals surface area contributed by atoms with Gasteiger partial charge in [-0.1, -0.05) is 6.42 Å². The Morgan fingerprint density at radius 3 is 2.94 bits per heavy atom. The van der Waals surface area contributed by atoms with Gasteiger partial charge in [0.25, 0.3) is 0 Å². The van der Waals surface area contributed by atoms with E-state index in [1.54, 1.807) is 19.3 Å². The maximum atomic E-state index is 14.7. The molecule has 1 aromatic heterocycles. The van der Waals surface area contributed by atoms with Crippen LogP contribution < -0.4 is 5.32 Å². The highest BCUT2D eigenvalue weighted by Gasteiger charge is 2.30. The van der Waals surface area contributed by atoms with Gasteiger partial charge in [-0.3, -0.25) is 4.98 Å². The summed E-state index contributed by atoms with van der Waals surface area (Å²) in [5.41, 5.74) is 0.432. The molecule has 2 unspecified atom stereocenters. The van der Waals surface area contributed by atoms with Gasteiger partial charge in [0.15, 0.2) is 0 Å². The average molecular weight is 236 g/mol. The van der Waals surface area contributed by atoms with Crippen LogP contribution in [0.4, 0.5) is 4.39 Å². The molecule has 1 saturated heterocycles. The predicted octanol–water partition coefficient (Wildman–Crippen LogP) is 3.11. The zero-order chi connectivity index (χ0) is 12.3. The van der Waals surface area contributed by atoms with Crippen LogP contribution in [0.3, 0.4) is 0 Å². The summed E-state index contributed by atoms with van der Waals surface area (Å²) >= 11 is 0. The summed E-state index contributed by atoms with van der Waals surface area (Å²) in [4.78, 5) is 4.08. The summed E-state index contributed by atoms with van der Waals surface area (Å²) in [5, 5.41) is 3.40. The molecule has 3 heteroatoms. The lowest BCUT2D eigenvalue weighted by atomic mass is 9.88. The van der Waals surface area contributed by atoms with Gasteiger partial charge in [0, 0.05) is 30.4 Å². The molecule has 0 bridgehead atoms. The van der Waals surface area contributed by atoms with Crippen LogP contribution in [0.5, 0.6) is 0 Å². The van der Waals surface area contributed by atoms with Crippen molar-refractivity contribution in [3.63, 3.8) is 0 Å². The number of aryl methyl sites for hydroxylation is 1. The van der Waals surface area contributed by atoms with E-state index in [4.69, 9.17) is 0 Å². The van der Waals surface area contributed by atoms with Gasteiger partial charge in [-0.2, -0.15) is 0 Å². The van der Waals surface area contributed by atoms with Crippen molar-refractivity contribution in [3.05, 3.63) is 29.6 Å². The third-order valence-corrected chi connectivity index (χ3v) is 3.52. The van der Waals surface area contributed by atoms with Crippen molar-refractivity contribution in [2.75, 3.05) is 6.54 Å². The number of piperidine rings is 1. The number of halogens is 1. The van der Waals surface area contributed by atoms with Crippen LogP contribution in [0.25, 0.3) is 0 Å². The molecule has 1 N–H and O–H groups in total. The van der Waals surface area contributed by atoms with Gasteiger partial charge in [0.1, 0.15) is 5.67 Å². The van der Waals surface area contributed by atoms with Crippen LogP contribution in [0.2, 0.25) is 0 Å². The van der Waals surface area contributed by atoms with Crippen LogP contribution >= 0.6 is 0 Å². The number of nitrogens with one attached hydrogen (secondary N) is 1. The number of aromatic nitrogens is 1. The minimum absolute atomic E-state index is 0.305. The summed E-state index contributed by atoms with van der Waals surface area (Å²) in [5.74, 6) is 0. The van der Waals surface area contributed by atoms with Crippen molar-refractivity contribution in [2.24, 2.45) is 0 Å². The number of rotatable bonds is 3. The molecular weight excluding hydrogens is 215 g/mol. The third-order valence-electron chi connectivity index (χ3n) is 3.52. The Bertz CT molecular complexity index is 370. The van der Waals surface area contributed by atoms with E-state index in [-0.39, 0.29) is 0 Å². The SMILES string of the molecule is Cc1cncc(C(C)(F)CC2CCCCN2)c1. The standard InChI is InChI=1S/C14H21FN2/c1-11-7-12(10-16-9-11)14(2,15)8-13-5-3-4-6-17-13/h7,9-10,13,17H,3-6,8H2,1-2H3. The zero-order valence-corrected chi connectivity index (χ0v) is 10.7. The van der Waals surface area contributed by atoms with Crippen LogP contribution in [-0.2, 0) is 5.67 Å². The highest BCUT2D eigenvalue weighted by atomic mass is 19.1. The van der Waals surface area contributed by atoms with E-state index in [1.807, 2.05) is 13.0 Å². The molecule has 94 valence electrons. The number of alkyl halides is 1. The highest BCUT2D eigenvalue weighted by Crippen LogP contribution is 2.32. The fourth-order valence-electron chi connectivity index (χ4n) is 2.52. The number of pyridine rings is 1. The Labute approximate surface area is 103 Å². The van der Waals surface area contributed by atoms with E-state index in [0.717, 1.165) is 18.5 Å². The molecule has 0 spiro atoms. The molecule has 0 radical (unpaired) electrons. The molecule has 17 heavy (non-hydrogen) atoms. The Balaban J connectivity index is 2.06. The monoisotopic (exact) mass is 236 g/mol. The molecule has 2 atom stereocenters. The molecule has 1 aromatic rings. The summed E-state index contributed by atoms with van der Waals surface area (Å²) in [6.45, 7) is 4.64. The molecule has 0 aromatic carbocycles. The summed E-state index contributed by atoms with van der Waals surface area (Å²) in [6.07, 6.45) is 7.45. The van der Waals surface area contributed by atoms with Crippen molar-refractivity contribution < 1.29 is 4.39 Å². The molecule has 2 rings (SSSR count). The van der Waals surface area contributed by atoms with Crippen LogP contribution in [-0.4, -0.2) is 17.6 Å². The van der Waals surface area contributed by atoms with E-state index in [0.29, 0.717) is 18.0 Å². The van der Waals surface area contributed by atoms with Gasteiger partial charge in [-0.15, -0.1) is 0 Å².